The molecule has 1 aliphatic carbocycles. The minimum atomic E-state index is -4.54. The normalized spacial score (nSPS) is 21.9. The lowest BCUT2D eigenvalue weighted by molar-refractivity contribution is -0.137. The number of alkyl halides is 3. The van der Waals surface area contributed by atoms with E-state index in [1.807, 2.05) is 0 Å². The number of fused-ring (bicyclic) bond motifs is 1. The van der Waals surface area contributed by atoms with Crippen molar-refractivity contribution in [2.45, 2.75) is 38.5 Å². The Labute approximate surface area is 164 Å². The maximum absolute atomic E-state index is 12.9. The van der Waals surface area contributed by atoms with Crippen molar-refractivity contribution in [2.75, 3.05) is 11.9 Å². The van der Waals surface area contributed by atoms with Crippen LogP contribution in [-0.4, -0.2) is 32.3 Å². The predicted molar refractivity (Wildman–Crippen MR) is 100 cm³/mol. The summed E-state index contributed by atoms with van der Waals surface area (Å²) in [5, 5.41) is 23.0. The zero-order valence-electron chi connectivity index (χ0n) is 15.8. The van der Waals surface area contributed by atoms with Gasteiger partial charge >= 0.3 is 6.18 Å². The molecule has 1 saturated carbocycles. The van der Waals surface area contributed by atoms with Gasteiger partial charge in [-0.25, -0.2) is 4.98 Å². The van der Waals surface area contributed by atoms with Gasteiger partial charge in [-0.05, 0) is 62.4 Å². The van der Waals surface area contributed by atoms with Crippen molar-refractivity contribution in [3.05, 3.63) is 35.4 Å². The molecule has 0 bridgehead atoms. The van der Waals surface area contributed by atoms with Gasteiger partial charge in [0.1, 0.15) is 5.75 Å². The second kappa shape index (κ2) is 6.62. The predicted octanol–water partition coefficient (Wildman–Crippen LogP) is 4.50. The molecule has 0 spiro atoms. The van der Waals surface area contributed by atoms with Crippen molar-refractivity contribution in [3.8, 4) is 17.0 Å². The maximum Gasteiger partial charge on any atom is 0.416 e. The molecule has 3 aromatic rings. The van der Waals surface area contributed by atoms with Gasteiger partial charge in [0.05, 0.1) is 16.9 Å². The first kappa shape index (κ1) is 19.5. The first-order chi connectivity index (χ1) is 13.5. The highest BCUT2D eigenvalue weighted by Crippen LogP contribution is 2.39. The highest BCUT2D eigenvalue weighted by atomic mass is 19.4. The van der Waals surface area contributed by atoms with Gasteiger partial charge in [0.15, 0.2) is 5.58 Å². The van der Waals surface area contributed by atoms with Crippen LogP contribution in [0.1, 0.15) is 30.9 Å². The number of anilines is 1. The van der Waals surface area contributed by atoms with Gasteiger partial charge < -0.3 is 19.9 Å². The van der Waals surface area contributed by atoms with Gasteiger partial charge in [-0.2, -0.15) is 18.2 Å². The van der Waals surface area contributed by atoms with Crippen LogP contribution in [0.25, 0.3) is 22.5 Å². The number of phenolic OH excluding ortho intramolecular Hbond substituents is 1. The third-order valence-electron chi connectivity index (χ3n) is 5.15. The summed E-state index contributed by atoms with van der Waals surface area (Å²) in [5.41, 5.74) is -0.0512. The number of aliphatic hydroxyl groups is 1. The monoisotopic (exact) mass is 407 g/mol. The molecule has 1 aromatic carbocycles. The maximum atomic E-state index is 12.9. The van der Waals surface area contributed by atoms with Crippen LogP contribution in [0.2, 0.25) is 0 Å². The summed E-state index contributed by atoms with van der Waals surface area (Å²) in [6, 6.07) is 5.13. The molecular weight excluding hydrogens is 387 g/mol. The number of oxazole rings is 1. The Balaban J connectivity index is 1.58. The van der Waals surface area contributed by atoms with Gasteiger partial charge in [-0.15, -0.1) is 0 Å². The minimum absolute atomic E-state index is 0.217. The fourth-order valence-corrected chi connectivity index (χ4v) is 3.86. The fourth-order valence-electron chi connectivity index (χ4n) is 3.86. The smallest absolute Gasteiger partial charge is 0.416 e. The number of aryl methyl sites for hydroxylation is 1. The van der Waals surface area contributed by atoms with E-state index in [1.165, 1.54) is 6.92 Å². The Morgan fingerprint density at radius 3 is 2.59 bits per heavy atom. The highest BCUT2D eigenvalue weighted by molar-refractivity contribution is 5.78. The van der Waals surface area contributed by atoms with E-state index in [-0.39, 0.29) is 22.8 Å². The first-order valence-corrected chi connectivity index (χ1v) is 9.17. The number of aromatic hydroxyl groups is 1. The molecule has 154 valence electrons. The number of rotatable bonds is 4. The summed E-state index contributed by atoms with van der Waals surface area (Å²) < 4.78 is 44.4. The van der Waals surface area contributed by atoms with E-state index >= 15 is 0 Å². The molecule has 6 nitrogen and oxygen atoms in total. The lowest BCUT2D eigenvalue weighted by Gasteiger charge is -2.40. The second-order valence-electron chi connectivity index (χ2n) is 7.87. The molecule has 9 heteroatoms. The summed E-state index contributed by atoms with van der Waals surface area (Å²) in [5.74, 6) is -0.168. The lowest BCUT2D eigenvalue weighted by Crippen LogP contribution is -2.43. The van der Waals surface area contributed by atoms with Gasteiger partial charge in [-0.3, -0.25) is 0 Å². The van der Waals surface area contributed by atoms with E-state index in [2.05, 4.69) is 15.3 Å². The minimum Gasteiger partial charge on any atom is -0.507 e. The van der Waals surface area contributed by atoms with E-state index < -0.39 is 23.1 Å². The van der Waals surface area contributed by atoms with Gasteiger partial charge in [-0.1, -0.05) is 0 Å². The number of benzene rings is 1. The molecule has 4 rings (SSSR count). The Morgan fingerprint density at radius 1 is 1.24 bits per heavy atom. The Morgan fingerprint density at radius 2 is 1.97 bits per heavy atom. The van der Waals surface area contributed by atoms with Crippen LogP contribution in [0, 0.1) is 12.8 Å². The van der Waals surface area contributed by atoms with Crippen molar-refractivity contribution in [1.29, 1.82) is 0 Å². The van der Waals surface area contributed by atoms with E-state index in [0.717, 1.165) is 6.07 Å². The lowest BCUT2D eigenvalue weighted by atomic mass is 9.72. The number of pyridine rings is 1. The van der Waals surface area contributed by atoms with E-state index in [9.17, 15) is 23.4 Å². The van der Waals surface area contributed by atoms with E-state index in [1.54, 1.807) is 19.1 Å². The van der Waals surface area contributed by atoms with Crippen LogP contribution in [0.5, 0.6) is 5.75 Å². The molecule has 29 heavy (non-hydrogen) atoms. The molecule has 2 aromatic heterocycles. The standard InChI is InChI=1S/C20H20F3N3O3/c1-10-5-12(20(21,22)23)6-14(27)16(10)13-3-4-15-17(25-13)26-18(29-15)24-9-11-7-19(2,28)8-11/h3-6,11,27-28H,7-9H2,1-2H3,(H,24,25,26). The molecule has 1 fully saturated rings. The Bertz CT molecular complexity index is 1040. The molecule has 0 aliphatic heterocycles. The largest absolute Gasteiger partial charge is 0.507 e. The van der Waals surface area contributed by atoms with Crippen LogP contribution in [-0.2, 0) is 6.18 Å². The molecule has 3 N–H and O–H groups in total. The van der Waals surface area contributed by atoms with Crippen molar-refractivity contribution in [2.24, 2.45) is 5.92 Å². The number of nitrogens with one attached hydrogen (secondary N) is 1. The van der Waals surface area contributed by atoms with E-state index in [0.29, 0.717) is 42.6 Å². The Kier molecular flexibility index (Phi) is 4.45. The fraction of sp³-hybridized carbons (Fsp3) is 0.400. The van der Waals surface area contributed by atoms with Gasteiger partial charge in [0.25, 0.3) is 6.01 Å². The number of phenols is 1. The van der Waals surface area contributed by atoms with Crippen LogP contribution >= 0.6 is 0 Å². The van der Waals surface area contributed by atoms with Gasteiger partial charge in [0.2, 0.25) is 5.65 Å². The van der Waals surface area contributed by atoms with Crippen LogP contribution in [0.3, 0.4) is 0 Å². The van der Waals surface area contributed by atoms with Crippen LogP contribution in [0.15, 0.2) is 28.7 Å². The quantitative estimate of drug-likeness (QED) is 0.590. The topological polar surface area (TPSA) is 91.4 Å². The number of nitrogens with zero attached hydrogens (tertiary/aromatic N) is 2. The van der Waals surface area contributed by atoms with Crippen molar-refractivity contribution in [3.63, 3.8) is 0 Å². The number of hydrogen-bond acceptors (Lipinski definition) is 6. The van der Waals surface area contributed by atoms with Crippen molar-refractivity contribution < 1.29 is 27.8 Å². The Hall–Kier alpha value is -2.81. The van der Waals surface area contributed by atoms with Crippen LogP contribution in [0.4, 0.5) is 19.2 Å². The van der Waals surface area contributed by atoms with Crippen molar-refractivity contribution >= 4 is 17.2 Å². The van der Waals surface area contributed by atoms with Crippen molar-refractivity contribution in [1.82, 2.24) is 9.97 Å². The summed E-state index contributed by atoms with van der Waals surface area (Å²) in [6.45, 7) is 3.89. The number of halogens is 3. The van der Waals surface area contributed by atoms with Gasteiger partial charge in [0, 0.05) is 12.1 Å². The second-order valence-corrected chi connectivity index (χ2v) is 7.87. The third kappa shape index (κ3) is 3.87. The average Bonchev–Trinajstić information content (AvgIpc) is 2.98. The average molecular weight is 407 g/mol. The number of hydrogen-bond donors (Lipinski definition) is 3. The van der Waals surface area contributed by atoms with E-state index in [4.69, 9.17) is 4.42 Å². The summed E-state index contributed by atoms with van der Waals surface area (Å²) in [6.07, 6.45) is -3.14. The molecule has 0 unspecified atom stereocenters. The van der Waals surface area contributed by atoms with Crippen LogP contribution < -0.4 is 5.32 Å². The molecule has 0 amide bonds. The summed E-state index contributed by atoms with van der Waals surface area (Å²) >= 11 is 0. The zero-order valence-corrected chi connectivity index (χ0v) is 15.8. The first-order valence-electron chi connectivity index (χ1n) is 9.17. The summed E-state index contributed by atoms with van der Waals surface area (Å²) in [4.78, 5) is 8.61. The molecule has 1 aliphatic rings. The zero-order chi connectivity index (χ0) is 21.0. The molecule has 0 radical (unpaired) electrons. The molecule has 0 atom stereocenters. The highest BCUT2D eigenvalue weighted by Gasteiger charge is 2.38. The molecule has 2 heterocycles. The summed E-state index contributed by atoms with van der Waals surface area (Å²) in [7, 11) is 0. The SMILES string of the molecule is Cc1cc(C(F)(F)F)cc(O)c1-c1ccc2oc(NCC3CC(C)(O)C3)nc2n1. The number of aromatic nitrogens is 2. The molecular formula is C20H20F3N3O3. The third-order valence-corrected chi connectivity index (χ3v) is 5.15. The molecule has 0 saturated heterocycles.